The van der Waals surface area contributed by atoms with E-state index in [0.717, 1.165) is 0 Å². The van der Waals surface area contributed by atoms with Crippen LogP contribution in [0.25, 0.3) is 0 Å². The Hall–Kier alpha value is 0.893. The van der Waals surface area contributed by atoms with Gasteiger partial charge in [0, 0.05) is 42.8 Å². The van der Waals surface area contributed by atoms with Gasteiger partial charge >= 0.3 is 0 Å². The van der Waals surface area contributed by atoms with Crippen molar-refractivity contribution >= 4 is 0 Å². The van der Waals surface area contributed by atoms with Crippen molar-refractivity contribution in [3.05, 3.63) is 6.57 Å². The standard InChI is InChI=1S/CN.Ti.W/c1-2;;/q-1;;. The third kappa shape index (κ3) is 13.0. The van der Waals surface area contributed by atoms with Crippen molar-refractivity contribution in [1.82, 2.24) is 0 Å². The van der Waals surface area contributed by atoms with Crippen molar-refractivity contribution in [1.29, 1.82) is 5.26 Å². The van der Waals surface area contributed by atoms with Gasteiger partial charge in [0.15, 0.2) is 0 Å². The molecule has 0 aliphatic carbocycles. The molecule has 0 rings (SSSR count). The summed E-state index contributed by atoms with van der Waals surface area (Å²) in [5, 5.41) is 6.25. The van der Waals surface area contributed by atoms with Gasteiger partial charge in [0.1, 0.15) is 0 Å². The third-order valence-corrected chi connectivity index (χ3v) is 0. The van der Waals surface area contributed by atoms with Crippen LogP contribution in [-0.4, -0.2) is 0 Å². The molecule has 1 nitrogen and oxygen atoms in total. The van der Waals surface area contributed by atoms with Crippen LogP contribution in [-0.2, 0) is 42.8 Å². The minimum Gasteiger partial charge on any atom is -0.512 e. The number of rotatable bonds is 0. The predicted molar refractivity (Wildman–Crippen MR) is 4.97 cm³/mol. The molecule has 0 aromatic heterocycles. The zero-order valence-corrected chi connectivity index (χ0v) is 6.35. The fourth-order valence-electron chi connectivity index (χ4n) is 0. The first-order chi connectivity index (χ1) is 1.00. The Bertz CT molecular complexity index is 12.8. The van der Waals surface area contributed by atoms with Gasteiger partial charge in [0.05, 0.1) is 0 Å². The van der Waals surface area contributed by atoms with E-state index in [1.54, 1.807) is 0 Å². The Labute approximate surface area is 54.5 Å². The largest absolute Gasteiger partial charge is 0.512 e. The van der Waals surface area contributed by atoms with Crippen LogP contribution in [0.4, 0.5) is 0 Å². The van der Waals surface area contributed by atoms with Crippen molar-refractivity contribution in [3.8, 4) is 0 Å². The molecule has 0 aromatic rings. The normalized spacial score (nSPS) is 0.500. The smallest absolute Gasteiger partial charge is 0 e. The van der Waals surface area contributed by atoms with Gasteiger partial charge in [-0.2, -0.15) is 0 Å². The average molecular weight is 258 g/mol. The van der Waals surface area contributed by atoms with E-state index in [1.807, 2.05) is 0 Å². The predicted octanol–water partition coefficient (Wildman–Crippen LogP) is 0.0914. The second-order valence-electron chi connectivity index (χ2n) is 0. The minimum absolute atomic E-state index is 0. The van der Waals surface area contributed by atoms with Gasteiger partial charge in [0.25, 0.3) is 0 Å². The molecular formula is CNTiW-. The molecule has 4 heavy (non-hydrogen) atoms. The summed E-state index contributed by atoms with van der Waals surface area (Å²) in [5.74, 6) is 0. The fourth-order valence-corrected chi connectivity index (χ4v) is 0. The van der Waals surface area contributed by atoms with Crippen molar-refractivity contribution < 1.29 is 42.8 Å². The quantitative estimate of drug-likeness (QED) is 0.446. The molecule has 0 saturated carbocycles. The summed E-state index contributed by atoms with van der Waals surface area (Å²) in [5.41, 5.74) is 0. The van der Waals surface area contributed by atoms with E-state index >= 15 is 0 Å². The van der Waals surface area contributed by atoms with Gasteiger partial charge in [-0.15, -0.1) is 0 Å². The molecule has 0 N–H and O–H groups in total. The van der Waals surface area contributed by atoms with Crippen LogP contribution >= 0.6 is 0 Å². The van der Waals surface area contributed by atoms with Crippen molar-refractivity contribution in [3.63, 3.8) is 0 Å². The molecule has 0 unspecified atom stereocenters. The van der Waals surface area contributed by atoms with Gasteiger partial charge in [-0.05, 0) is 0 Å². The van der Waals surface area contributed by atoms with Gasteiger partial charge in [-0.1, -0.05) is 0 Å². The third-order valence-electron chi connectivity index (χ3n) is 0. The van der Waals surface area contributed by atoms with Crippen LogP contribution < -0.4 is 0 Å². The zero-order valence-electron chi connectivity index (χ0n) is 1.86. The molecule has 20 valence electrons. The molecule has 0 aliphatic rings. The van der Waals surface area contributed by atoms with E-state index in [2.05, 4.69) is 0 Å². The number of hydrogen-bond donors (Lipinski definition) is 0. The molecule has 0 fully saturated rings. The summed E-state index contributed by atoms with van der Waals surface area (Å²) in [4.78, 5) is 0. The first-order valence-corrected chi connectivity index (χ1v) is 0.224. The van der Waals surface area contributed by atoms with Gasteiger partial charge < -0.3 is 11.8 Å². The van der Waals surface area contributed by atoms with Crippen molar-refractivity contribution in [2.24, 2.45) is 0 Å². The molecule has 0 radical (unpaired) electrons. The molecule has 3 heteroatoms. The van der Waals surface area contributed by atoms with E-state index in [9.17, 15) is 0 Å². The second-order valence-corrected chi connectivity index (χ2v) is 0. The molecule has 0 spiro atoms. The Balaban J connectivity index is -0.00000000500. The van der Waals surface area contributed by atoms with Crippen LogP contribution in [0, 0.1) is 11.8 Å². The summed E-state index contributed by atoms with van der Waals surface area (Å²) in [7, 11) is 0. The van der Waals surface area contributed by atoms with Crippen molar-refractivity contribution in [2.75, 3.05) is 0 Å². The van der Waals surface area contributed by atoms with E-state index in [1.165, 1.54) is 0 Å². The second kappa shape index (κ2) is 40.9. The molecule has 0 aromatic carbocycles. The maximum atomic E-state index is 6.25. The summed E-state index contributed by atoms with van der Waals surface area (Å²) >= 11 is 0. The zero-order chi connectivity index (χ0) is 2.00. The Morgan fingerprint density at radius 3 is 1.25 bits per heavy atom. The molecular weight excluding hydrogens is 258 g/mol. The molecule has 0 aliphatic heterocycles. The van der Waals surface area contributed by atoms with E-state index in [-0.39, 0.29) is 42.8 Å². The van der Waals surface area contributed by atoms with Gasteiger partial charge in [0.2, 0.25) is 0 Å². The topological polar surface area (TPSA) is 23.8 Å². The minimum atomic E-state index is 0. The first-order valence-electron chi connectivity index (χ1n) is 0.224. The average Bonchev–Trinajstić information content (AvgIpc) is 1.00. The monoisotopic (exact) mass is 258 g/mol. The molecule has 0 bridgehead atoms. The Kier molecular flexibility index (Phi) is 212. The summed E-state index contributed by atoms with van der Waals surface area (Å²) in [6.45, 7) is 4.75. The van der Waals surface area contributed by atoms with E-state index in [4.69, 9.17) is 11.8 Å². The number of nitrogens with zero attached hydrogens (tertiary/aromatic N) is 1. The fraction of sp³-hybridized carbons (Fsp3) is 0. The molecule has 0 amide bonds. The first kappa shape index (κ1) is 20.7. The van der Waals surface area contributed by atoms with Crippen LogP contribution in [0.5, 0.6) is 0 Å². The van der Waals surface area contributed by atoms with E-state index in [0.29, 0.717) is 0 Å². The van der Waals surface area contributed by atoms with Gasteiger partial charge in [-0.3, -0.25) is 0 Å². The van der Waals surface area contributed by atoms with Crippen LogP contribution in [0.1, 0.15) is 0 Å². The van der Waals surface area contributed by atoms with Crippen LogP contribution in [0.15, 0.2) is 0 Å². The molecule has 0 saturated heterocycles. The van der Waals surface area contributed by atoms with Crippen LogP contribution in [0.3, 0.4) is 0 Å². The SMILES string of the molecule is [C-]#N.[Ti].[W]. The Morgan fingerprint density at radius 2 is 1.25 bits per heavy atom. The maximum Gasteiger partial charge on any atom is 0 e. The summed E-state index contributed by atoms with van der Waals surface area (Å²) in [6.07, 6.45) is 0. The Morgan fingerprint density at radius 1 is 1.25 bits per heavy atom. The molecule has 0 atom stereocenters. The van der Waals surface area contributed by atoms with Crippen LogP contribution in [0.2, 0.25) is 0 Å². The number of hydrogen-bond acceptors (Lipinski definition) is 1. The van der Waals surface area contributed by atoms with Gasteiger partial charge in [-0.25, -0.2) is 0 Å². The summed E-state index contributed by atoms with van der Waals surface area (Å²) in [6, 6.07) is 0. The summed E-state index contributed by atoms with van der Waals surface area (Å²) < 4.78 is 0. The van der Waals surface area contributed by atoms with Crippen molar-refractivity contribution in [2.45, 2.75) is 0 Å². The maximum absolute atomic E-state index is 6.25. The molecule has 0 heterocycles. The van der Waals surface area contributed by atoms with E-state index < -0.39 is 0 Å².